The van der Waals surface area contributed by atoms with Crippen molar-refractivity contribution in [2.75, 3.05) is 36.6 Å². The van der Waals surface area contributed by atoms with Crippen molar-refractivity contribution in [3.8, 4) is 0 Å². The fourth-order valence-electron chi connectivity index (χ4n) is 2.30. The molecule has 0 radical (unpaired) electrons. The van der Waals surface area contributed by atoms with Crippen molar-refractivity contribution in [3.63, 3.8) is 0 Å². The van der Waals surface area contributed by atoms with Crippen LogP contribution < -0.4 is 16.0 Å². The van der Waals surface area contributed by atoms with Gasteiger partial charge in [-0.2, -0.15) is 23.5 Å². The SMILES string of the molecule is CC.CCSCCNC(=O)c1cc(CNC(=O)C(C)C)cc(C(=O)NCCSC)c1.[HH].[HH].[HH]. The quantitative estimate of drug-likeness (QED) is 0.404. The maximum atomic E-state index is 12.5. The van der Waals surface area contributed by atoms with E-state index in [4.69, 9.17) is 0 Å². The van der Waals surface area contributed by atoms with Gasteiger partial charge in [0.1, 0.15) is 0 Å². The third-order valence-electron chi connectivity index (χ3n) is 3.84. The number of benzene rings is 1. The Labute approximate surface area is 194 Å². The topological polar surface area (TPSA) is 87.3 Å². The van der Waals surface area contributed by atoms with E-state index in [9.17, 15) is 14.4 Å². The first-order chi connectivity index (χ1) is 14.4. The van der Waals surface area contributed by atoms with Gasteiger partial charge in [0.2, 0.25) is 5.91 Å². The van der Waals surface area contributed by atoms with Crippen LogP contribution in [-0.4, -0.2) is 54.3 Å². The summed E-state index contributed by atoms with van der Waals surface area (Å²) < 4.78 is 0. The van der Waals surface area contributed by atoms with Crippen LogP contribution in [0.5, 0.6) is 0 Å². The summed E-state index contributed by atoms with van der Waals surface area (Å²) in [7, 11) is 0. The van der Waals surface area contributed by atoms with Gasteiger partial charge in [-0.25, -0.2) is 0 Å². The number of nitrogens with one attached hydrogen (secondary N) is 3. The van der Waals surface area contributed by atoms with Crippen LogP contribution in [-0.2, 0) is 11.3 Å². The lowest BCUT2D eigenvalue weighted by atomic mass is 10.0. The average molecular weight is 462 g/mol. The minimum absolute atomic E-state index is 0. The number of rotatable bonds is 12. The van der Waals surface area contributed by atoms with Crippen LogP contribution in [0.15, 0.2) is 18.2 Å². The zero-order valence-corrected chi connectivity index (χ0v) is 20.7. The molecule has 0 aromatic heterocycles. The van der Waals surface area contributed by atoms with E-state index < -0.39 is 0 Å². The molecule has 0 aliphatic rings. The van der Waals surface area contributed by atoms with Gasteiger partial charge in [-0.15, -0.1) is 0 Å². The summed E-state index contributed by atoms with van der Waals surface area (Å²) in [5.74, 6) is 2.02. The Kier molecular flexibility index (Phi) is 16.1. The summed E-state index contributed by atoms with van der Waals surface area (Å²) >= 11 is 3.40. The third-order valence-corrected chi connectivity index (χ3v) is 5.35. The Hall–Kier alpha value is -1.67. The zero-order chi connectivity index (χ0) is 22.9. The highest BCUT2D eigenvalue weighted by Gasteiger charge is 2.14. The van der Waals surface area contributed by atoms with Crippen LogP contribution in [0.1, 0.15) is 65.2 Å². The van der Waals surface area contributed by atoms with Gasteiger partial charge in [-0.3, -0.25) is 14.4 Å². The highest BCUT2D eigenvalue weighted by Crippen LogP contribution is 2.12. The number of hydrogen-bond acceptors (Lipinski definition) is 5. The molecule has 8 heteroatoms. The van der Waals surface area contributed by atoms with E-state index in [2.05, 4.69) is 22.9 Å². The number of hydrogen-bond donors (Lipinski definition) is 3. The molecule has 0 aliphatic carbocycles. The van der Waals surface area contributed by atoms with E-state index in [0.717, 1.165) is 22.8 Å². The first-order valence-electron chi connectivity index (χ1n) is 10.4. The van der Waals surface area contributed by atoms with Crippen LogP contribution >= 0.6 is 23.5 Å². The molecule has 1 aromatic carbocycles. The molecule has 6 nitrogen and oxygen atoms in total. The van der Waals surface area contributed by atoms with Crippen LogP contribution in [0.2, 0.25) is 0 Å². The highest BCUT2D eigenvalue weighted by molar-refractivity contribution is 7.99. The lowest BCUT2D eigenvalue weighted by Gasteiger charge is -2.12. The van der Waals surface area contributed by atoms with Crippen molar-refractivity contribution in [2.45, 2.75) is 41.2 Å². The van der Waals surface area contributed by atoms with Gasteiger partial charge in [0.25, 0.3) is 11.8 Å². The van der Waals surface area contributed by atoms with Gasteiger partial charge in [-0.1, -0.05) is 34.6 Å². The Morgan fingerprint density at radius 2 is 1.47 bits per heavy atom. The van der Waals surface area contributed by atoms with Crippen molar-refractivity contribution in [1.29, 1.82) is 0 Å². The molecular weight excluding hydrogens is 418 g/mol. The fraction of sp³-hybridized carbons (Fsp3) is 0.591. The van der Waals surface area contributed by atoms with Crippen LogP contribution in [0, 0.1) is 5.92 Å². The summed E-state index contributed by atoms with van der Waals surface area (Å²) in [5, 5.41) is 8.57. The molecule has 0 spiro atoms. The lowest BCUT2D eigenvalue weighted by molar-refractivity contribution is -0.124. The predicted molar refractivity (Wildman–Crippen MR) is 137 cm³/mol. The van der Waals surface area contributed by atoms with E-state index >= 15 is 0 Å². The maximum absolute atomic E-state index is 12.5. The third kappa shape index (κ3) is 11.5. The van der Waals surface area contributed by atoms with Crippen molar-refractivity contribution >= 4 is 41.2 Å². The average Bonchev–Trinajstić information content (AvgIpc) is 2.76. The van der Waals surface area contributed by atoms with Gasteiger partial charge in [0.15, 0.2) is 0 Å². The first-order valence-corrected chi connectivity index (χ1v) is 13.0. The van der Waals surface area contributed by atoms with Gasteiger partial charge in [-0.05, 0) is 35.8 Å². The van der Waals surface area contributed by atoms with E-state index in [1.165, 1.54) is 0 Å². The molecule has 176 valence electrons. The maximum Gasteiger partial charge on any atom is 0.251 e. The number of carbonyl (C=O) groups excluding carboxylic acids is 3. The van der Waals surface area contributed by atoms with Crippen LogP contribution in [0.25, 0.3) is 0 Å². The smallest absolute Gasteiger partial charge is 0.251 e. The zero-order valence-electron chi connectivity index (χ0n) is 19.1. The molecule has 0 saturated heterocycles. The molecular formula is C22H43N3O3S2. The van der Waals surface area contributed by atoms with Gasteiger partial charge < -0.3 is 16.0 Å². The highest BCUT2D eigenvalue weighted by atomic mass is 32.2. The van der Waals surface area contributed by atoms with Crippen molar-refractivity contribution < 1.29 is 18.7 Å². The second kappa shape index (κ2) is 17.1. The van der Waals surface area contributed by atoms with Crippen molar-refractivity contribution in [2.24, 2.45) is 5.92 Å². The summed E-state index contributed by atoms with van der Waals surface area (Å²) in [6.07, 6.45) is 1.98. The fourth-order valence-corrected chi connectivity index (χ4v) is 3.14. The van der Waals surface area contributed by atoms with Crippen LogP contribution in [0.3, 0.4) is 0 Å². The minimum Gasteiger partial charge on any atom is -0.352 e. The van der Waals surface area contributed by atoms with Gasteiger partial charge >= 0.3 is 0 Å². The second-order valence-corrected chi connectivity index (χ2v) is 8.87. The molecule has 0 unspecified atom stereocenters. The molecule has 0 saturated carbocycles. The largest absolute Gasteiger partial charge is 0.352 e. The van der Waals surface area contributed by atoms with Crippen LogP contribution in [0.4, 0.5) is 0 Å². The Morgan fingerprint density at radius 3 is 1.93 bits per heavy atom. The summed E-state index contributed by atoms with van der Waals surface area (Å²) in [6, 6.07) is 5.05. The molecule has 30 heavy (non-hydrogen) atoms. The molecule has 0 heterocycles. The van der Waals surface area contributed by atoms with E-state index in [-0.39, 0.29) is 34.5 Å². The standard InChI is InChI=1S/C20H31N3O3S2.C2H6.3H2/c1-5-28-9-7-22-20(26)17-11-15(13-23-18(24)14(2)3)10-16(12-17)19(25)21-6-8-27-4;1-2;;;/h10-12,14H,5-9,13H2,1-4H3,(H,21,25)(H,22,26)(H,23,24);1-2H3;3*1H. The monoisotopic (exact) mass is 461 g/mol. The summed E-state index contributed by atoms with van der Waals surface area (Å²) in [4.78, 5) is 36.8. The number of thioether (sulfide) groups is 2. The van der Waals surface area contributed by atoms with Gasteiger partial charge in [0.05, 0.1) is 0 Å². The Bertz CT molecular complexity index is 682. The minimum atomic E-state index is -0.221. The second-order valence-electron chi connectivity index (χ2n) is 6.49. The number of carbonyl (C=O) groups is 3. The molecule has 3 N–H and O–H groups in total. The summed E-state index contributed by atoms with van der Waals surface area (Å²) in [6.45, 7) is 11.1. The van der Waals surface area contributed by atoms with E-state index in [1.807, 2.05) is 34.0 Å². The molecule has 1 aromatic rings. The molecule has 0 fully saturated rings. The van der Waals surface area contributed by atoms with Crippen molar-refractivity contribution in [1.82, 2.24) is 16.0 Å². The predicted octanol–water partition coefficient (Wildman–Crippen LogP) is 4.30. The Balaban J connectivity index is -0.000000817. The number of amides is 3. The van der Waals surface area contributed by atoms with Crippen molar-refractivity contribution in [3.05, 3.63) is 34.9 Å². The van der Waals surface area contributed by atoms with E-state index in [1.54, 1.807) is 41.7 Å². The molecule has 1 rings (SSSR count). The Morgan fingerprint density at radius 1 is 0.933 bits per heavy atom. The van der Waals surface area contributed by atoms with Gasteiger partial charge in [0, 0.05) is 52.5 Å². The first kappa shape index (κ1) is 28.3. The summed E-state index contributed by atoms with van der Waals surface area (Å²) in [5.41, 5.74) is 1.57. The normalized spacial score (nSPS) is 10.1. The molecule has 3 amide bonds. The molecule has 0 aliphatic heterocycles. The molecule has 0 bridgehead atoms. The molecule has 0 atom stereocenters. The lowest BCUT2D eigenvalue weighted by Crippen LogP contribution is -2.30. The van der Waals surface area contributed by atoms with E-state index in [0.29, 0.717) is 24.2 Å².